The lowest BCUT2D eigenvalue weighted by molar-refractivity contribution is 1.09. The first kappa shape index (κ1) is 7.08. The van der Waals surface area contributed by atoms with Crippen LogP contribution >= 0.6 is 12.2 Å². The van der Waals surface area contributed by atoms with Gasteiger partial charge >= 0.3 is 0 Å². The Balaban J connectivity index is 3.15. The Morgan fingerprint density at radius 2 is 2.40 bits per heavy atom. The Hall–Kier alpha value is -1.03. The molecule has 0 amide bonds. The SMILES string of the molecule is Cc1ncncc1C(N)=S. The number of hydrogen-bond donors (Lipinski definition) is 1. The molecule has 0 radical (unpaired) electrons. The van der Waals surface area contributed by atoms with Gasteiger partial charge in [0.05, 0.1) is 5.69 Å². The standard InChI is InChI=1S/C6H7N3S/c1-4-5(6(7)10)2-8-3-9-4/h2-3H,1H3,(H2,7,10). The normalized spacial score (nSPS) is 9.30. The third-order valence-corrected chi connectivity index (χ3v) is 1.40. The lowest BCUT2D eigenvalue weighted by Crippen LogP contribution is -2.12. The van der Waals surface area contributed by atoms with Gasteiger partial charge in [0.25, 0.3) is 0 Å². The minimum absolute atomic E-state index is 0.345. The zero-order chi connectivity index (χ0) is 7.56. The number of thiocarbonyl (C=S) groups is 1. The molecule has 1 heterocycles. The summed E-state index contributed by atoms with van der Waals surface area (Å²) in [6.07, 6.45) is 3.09. The van der Waals surface area contributed by atoms with Crippen molar-refractivity contribution < 1.29 is 0 Å². The van der Waals surface area contributed by atoms with Gasteiger partial charge in [0, 0.05) is 11.8 Å². The van der Waals surface area contributed by atoms with Crippen LogP contribution in [0.15, 0.2) is 12.5 Å². The van der Waals surface area contributed by atoms with E-state index in [4.69, 9.17) is 18.0 Å². The van der Waals surface area contributed by atoms with Crippen LogP contribution in [-0.4, -0.2) is 15.0 Å². The summed E-state index contributed by atoms with van der Waals surface area (Å²) < 4.78 is 0. The highest BCUT2D eigenvalue weighted by molar-refractivity contribution is 7.80. The number of rotatable bonds is 1. The fraction of sp³-hybridized carbons (Fsp3) is 0.167. The number of aryl methyl sites for hydroxylation is 1. The number of hydrogen-bond acceptors (Lipinski definition) is 3. The van der Waals surface area contributed by atoms with E-state index < -0.39 is 0 Å². The van der Waals surface area contributed by atoms with Gasteiger partial charge in [-0.1, -0.05) is 12.2 Å². The van der Waals surface area contributed by atoms with Gasteiger partial charge in [-0.15, -0.1) is 0 Å². The van der Waals surface area contributed by atoms with E-state index in [9.17, 15) is 0 Å². The van der Waals surface area contributed by atoms with E-state index in [1.807, 2.05) is 6.92 Å². The van der Waals surface area contributed by atoms with Gasteiger partial charge in [-0.25, -0.2) is 9.97 Å². The largest absolute Gasteiger partial charge is 0.389 e. The van der Waals surface area contributed by atoms with Gasteiger partial charge in [-0.05, 0) is 6.92 Å². The van der Waals surface area contributed by atoms with E-state index in [0.717, 1.165) is 11.3 Å². The highest BCUT2D eigenvalue weighted by atomic mass is 32.1. The molecule has 0 fully saturated rings. The molecule has 0 bridgehead atoms. The molecular weight excluding hydrogens is 146 g/mol. The van der Waals surface area contributed by atoms with Crippen molar-refractivity contribution in [2.24, 2.45) is 5.73 Å². The van der Waals surface area contributed by atoms with Crippen LogP contribution in [0.4, 0.5) is 0 Å². The monoisotopic (exact) mass is 153 g/mol. The molecule has 2 N–H and O–H groups in total. The predicted molar refractivity (Wildman–Crippen MR) is 42.7 cm³/mol. The summed E-state index contributed by atoms with van der Waals surface area (Å²) in [5, 5.41) is 0. The molecule has 0 aliphatic carbocycles. The Morgan fingerprint density at radius 1 is 1.70 bits per heavy atom. The average molecular weight is 153 g/mol. The third kappa shape index (κ3) is 1.27. The Kier molecular flexibility index (Phi) is 1.91. The fourth-order valence-corrected chi connectivity index (χ4v) is 0.833. The number of nitrogens with two attached hydrogens (primary N) is 1. The lowest BCUT2D eigenvalue weighted by Gasteiger charge is -1.98. The van der Waals surface area contributed by atoms with Gasteiger partial charge < -0.3 is 5.73 Å². The molecule has 0 atom stereocenters. The first-order valence-corrected chi connectivity index (χ1v) is 3.19. The minimum Gasteiger partial charge on any atom is -0.389 e. The van der Waals surface area contributed by atoms with Crippen molar-refractivity contribution in [1.82, 2.24) is 9.97 Å². The van der Waals surface area contributed by atoms with Crippen molar-refractivity contribution in [3.8, 4) is 0 Å². The van der Waals surface area contributed by atoms with Crippen molar-refractivity contribution >= 4 is 17.2 Å². The molecule has 0 saturated heterocycles. The number of aromatic nitrogens is 2. The number of nitrogens with zero attached hydrogens (tertiary/aromatic N) is 2. The van der Waals surface area contributed by atoms with Gasteiger partial charge in [0.15, 0.2) is 0 Å². The first-order chi connectivity index (χ1) is 4.72. The van der Waals surface area contributed by atoms with E-state index in [0.29, 0.717) is 4.99 Å². The maximum absolute atomic E-state index is 5.37. The summed E-state index contributed by atoms with van der Waals surface area (Å²) >= 11 is 4.75. The van der Waals surface area contributed by atoms with Crippen LogP contribution < -0.4 is 5.73 Å². The summed E-state index contributed by atoms with van der Waals surface area (Å²) in [5.41, 5.74) is 6.94. The van der Waals surface area contributed by atoms with Gasteiger partial charge in [-0.3, -0.25) is 0 Å². The highest BCUT2D eigenvalue weighted by Gasteiger charge is 1.99. The first-order valence-electron chi connectivity index (χ1n) is 2.78. The molecule has 1 aromatic heterocycles. The molecule has 0 saturated carbocycles. The molecule has 3 nitrogen and oxygen atoms in total. The molecule has 0 unspecified atom stereocenters. The van der Waals surface area contributed by atoms with Crippen LogP contribution in [0.2, 0.25) is 0 Å². The fourth-order valence-electron chi connectivity index (χ4n) is 0.633. The van der Waals surface area contributed by atoms with E-state index in [1.165, 1.54) is 6.33 Å². The van der Waals surface area contributed by atoms with Crippen molar-refractivity contribution in [3.63, 3.8) is 0 Å². The molecular formula is C6H7N3S. The van der Waals surface area contributed by atoms with Crippen LogP contribution in [0.1, 0.15) is 11.3 Å². The Bertz CT molecular complexity index is 259. The van der Waals surface area contributed by atoms with Crippen LogP contribution in [0.25, 0.3) is 0 Å². The second-order valence-corrected chi connectivity index (χ2v) is 2.33. The maximum atomic E-state index is 5.37. The van der Waals surface area contributed by atoms with Crippen molar-refractivity contribution in [2.75, 3.05) is 0 Å². The third-order valence-electron chi connectivity index (χ3n) is 1.18. The van der Waals surface area contributed by atoms with Crippen molar-refractivity contribution in [1.29, 1.82) is 0 Å². The molecule has 10 heavy (non-hydrogen) atoms. The second-order valence-electron chi connectivity index (χ2n) is 1.89. The van der Waals surface area contributed by atoms with Gasteiger partial charge in [-0.2, -0.15) is 0 Å². The van der Waals surface area contributed by atoms with Crippen LogP contribution in [0, 0.1) is 6.92 Å². The van der Waals surface area contributed by atoms with Crippen LogP contribution in [0.3, 0.4) is 0 Å². The van der Waals surface area contributed by atoms with Gasteiger partial charge in [0.2, 0.25) is 0 Å². The average Bonchev–Trinajstić information content (AvgIpc) is 1.88. The maximum Gasteiger partial charge on any atom is 0.115 e. The van der Waals surface area contributed by atoms with Crippen molar-refractivity contribution in [3.05, 3.63) is 23.8 Å². The quantitative estimate of drug-likeness (QED) is 0.594. The molecule has 0 aliphatic rings. The topological polar surface area (TPSA) is 51.8 Å². The second kappa shape index (κ2) is 2.70. The van der Waals surface area contributed by atoms with Gasteiger partial charge in [0.1, 0.15) is 11.3 Å². The Labute approximate surface area is 64.3 Å². The van der Waals surface area contributed by atoms with E-state index >= 15 is 0 Å². The summed E-state index contributed by atoms with van der Waals surface area (Å²) in [5.74, 6) is 0. The summed E-state index contributed by atoms with van der Waals surface area (Å²) in [7, 11) is 0. The smallest absolute Gasteiger partial charge is 0.115 e. The molecule has 0 aliphatic heterocycles. The minimum atomic E-state index is 0.345. The van der Waals surface area contributed by atoms with E-state index in [1.54, 1.807) is 6.20 Å². The predicted octanol–water partition coefficient (Wildman–Crippen LogP) is 0.419. The molecule has 4 heteroatoms. The molecule has 52 valence electrons. The van der Waals surface area contributed by atoms with Crippen LogP contribution in [0.5, 0.6) is 0 Å². The Morgan fingerprint density at radius 3 is 2.80 bits per heavy atom. The molecule has 1 aromatic rings. The van der Waals surface area contributed by atoms with E-state index in [-0.39, 0.29) is 0 Å². The van der Waals surface area contributed by atoms with E-state index in [2.05, 4.69) is 9.97 Å². The zero-order valence-corrected chi connectivity index (χ0v) is 6.35. The molecule has 1 rings (SSSR count). The summed E-state index contributed by atoms with van der Waals surface area (Å²) in [6.45, 7) is 1.84. The summed E-state index contributed by atoms with van der Waals surface area (Å²) in [4.78, 5) is 8.06. The van der Waals surface area contributed by atoms with Crippen molar-refractivity contribution in [2.45, 2.75) is 6.92 Å². The molecule has 0 aromatic carbocycles. The highest BCUT2D eigenvalue weighted by Crippen LogP contribution is 1.99. The van der Waals surface area contributed by atoms with Crippen LogP contribution in [-0.2, 0) is 0 Å². The molecule has 0 spiro atoms. The summed E-state index contributed by atoms with van der Waals surface area (Å²) in [6, 6.07) is 0. The lowest BCUT2D eigenvalue weighted by atomic mass is 10.2. The zero-order valence-electron chi connectivity index (χ0n) is 5.53.